The van der Waals surface area contributed by atoms with E-state index < -0.39 is 9.84 Å². The molecule has 3 nitrogen and oxygen atoms in total. The third-order valence-corrected chi connectivity index (χ3v) is 6.32. The zero-order valence-corrected chi connectivity index (χ0v) is 9.35. The van der Waals surface area contributed by atoms with Gasteiger partial charge in [-0.15, -0.1) is 0 Å². The number of piperidine rings is 1. The third-order valence-electron chi connectivity index (χ3n) is 3.52. The fraction of sp³-hybridized carbons (Fsp3) is 1.00. The van der Waals surface area contributed by atoms with E-state index in [1.165, 1.54) is 0 Å². The van der Waals surface area contributed by atoms with Gasteiger partial charge in [0.05, 0.1) is 10.5 Å². The second kappa shape index (κ2) is 4.19. The van der Waals surface area contributed by atoms with Crippen molar-refractivity contribution in [2.75, 3.05) is 13.1 Å². The lowest BCUT2D eigenvalue weighted by atomic mass is 10.2. The lowest BCUT2D eigenvalue weighted by Crippen LogP contribution is -2.39. The van der Waals surface area contributed by atoms with E-state index in [0.29, 0.717) is 0 Å². The SMILES string of the molecule is O=S(=O)(C1CCCC1)C1CCNCC1. The van der Waals surface area contributed by atoms with Crippen LogP contribution in [0.15, 0.2) is 0 Å². The standard InChI is InChI=1S/C10H19NO2S/c12-14(13,9-3-1-2-4-9)10-5-7-11-8-6-10/h9-11H,1-8H2. The van der Waals surface area contributed by atoms with Crippen molar-refractivity contribution in [3.8, 4) is 0 Å². The smallest absolute Gasteiger partial charge is 0.156 e. The molecule has 1 saturated carbocycles. The predicted molar refractivity (Wildman–Crippen MR) is 57.1 cm³/mol. The van der Waals surface area contributed by atoms with Crippen LogP contribution < -0.4 is 5.32 Å². The van der Waals surface area contributed by atoms with Gasteiger partial charge in [0.25, 0.3) is 0 Å². The van der Waals surface area contributed by atoms with Crippen LogP contribution in [0.3, 0.4) is 0 Å². The number of rotatable bonds is 2. The topological polar surface area (TPSA) is 46.2 Å². The van der Waals surface area contributed by atoms with Crippen molar-refractivity contribution in [2.45, 2.75) is 49.0 Å². The van der Waals surface area contributed by atoms with Crippen LogP contribution in [0.25, 0.3) is 0 Å². The van der Waals surface area contributed by atoms with Gasteiger partial charge in [0, 0.05) is 0 Å². The molecular formula is C10H19NO2S. The molecule has 0 spiro atoms. The van der Waals surface area contributed by atoms with E-state index in [1.807, 2.05) is 0 Å². The first-order chi connectivity index (χ1) is 6.71. The molecular weight excluding hydrogens is 198 g/mol. The maximum Gasteiger partial charge on any atom is 0.156 e. The molecule has 1 aliphatic carbocycles. The minimum absolute atomic E-state index is 0.00870. The van der Waals surface area contributed by atoms with E-state index in [-0.39, 0.29) is 10.5 Å². The molecule has 0 bridgehead atoms. The third kappa shape index (κ3) is 1.96. The Labute approximate surface area is 86.2 Å². The van der Waals surface area contributed by atoms with E-state index in [2.05, 4.69) is 5.32 Å². The monoisotopic (exact) mass is 217 g/mol. The molecule has 0 radical (unpaired) electrons. The summed E-state index contributed by atoms with van der Waals surface area (Å²) < 4.78 is 24.3. The summed E-state index contributed by atoms with van der Waals surface area (Å²) in [4.78, 5) is 0. The Hall–Kier alpha value is -0.0900. The van der Waals surface area contributed by atoms with Crippen molar-refractivity contribution in [3.63, 3.8) is 0 Å². The summed E-state index contributed by atoms with van der Waals surface area (Å²) in [6.07, 6.45) is 5.67. The Balaban J connectivity index is 2.05. The predicted octanol–water partition coefficient (Wildman–Crippen LogP) is 1.10. The Morgan fingerprint density at radius 2 is 1.36 bits per heavy atom. The highest BCUT2D eigenvalue weighted by molar-refractivity contribution is 7.92. The van der Waals surface area contributed by atoms with E-state index in [4.69, 9.17) is 0 Å². The van der Waals surface area contributed by atoms with Crippen molar-refractivity contribution in [1.29, 1.82) is 0 Å². The van der Waals surface area contributed by atoms with Gasteiger partial charge in [-0.3, -0.25) is 0 Å². The Bertz CT molecular complexity index is 274. The lowest BCUT2D eigenvalue weighted by molar-refractivity contribution is 0.489. The van der Waals surface area contributed by atoms with E-state index in [9.17, 15) is 8.42 Å². The summed E-state index contributed by atoms with van der Waals surface area (Å²) in [5.74, 6) is 0. The average molecular weight is 217 g/mol. The zero-order valence-electron chi connectivity index (χ0n) is 8.54. The van der Waals surface area contributed by atoms with Crippen LogP contribution in [0.4, 0.5) is 0 Å². The van der Waals surface area contributed by atoms with Gasteiger partial charge in [-0.25, -0.2) is 8.42 Å². The molecule has 0 unspecified atom stereocenters. The van der Waals surface area contributed by atoms with Crippen molar-refractivity contribution >= 4 is 9.84 Å². The Kier molecular flexibility index (Phi) is 3.12. The first-order valence-corrected chi connectivity index (χ1v) is 7.25. The van der Waals surface area contributed by atoms with E-state index in [1.54, 1.807) is 0 Å². The summed E-state index contributed by atoms with van der Waals surface area (Å²) in [5, 5.41) is 3.16. The van der Waals surface area contributed by atoms with Gasteiger partial charge in [0.15, 0.2) is 9.84 Å². The summed E-state index contributed by atoms with van der Waals surface area (Å²) >= 11 is 0. The van der Waals surface area contributed by atoms with Crippen LogP contribution in [0.2, 0.25) is 0 Å². The molecule has 4 heteroatoms. The Morgan fingerprint density at radius 1 is 0.857 bits per heavy atom. The second-order valence-corrected chi connectivity index (χ2v) is 6.96. The van der Waals surface area contributed by atoms with Crippen molar-refractivity contribution < 1.29 is 8.42 Å². The van der Waals surface area contributed by atoms with Gasteiger partial charge in [-0.1, -0.05) is 12.8 Å². The summed E-state index contributed by atoms with van der Waals surface area (Å²) in [7, 11) is -2.80. The molecule has 14 heavy (non-hydrogen) atoms. The quantitative estimate of drug-likeness (QED) is 0.753. The molecule has 0 amide bonds. The van der Waals surface area contributed by atoms with Gasteiger partial charge in [0.1, 0.15) is 0 Å². The van der Waals surface area contributed by atoms with Crippen LogP contribution in [0.1, 0.15) is 38.5 Å². The first-order valence-electron chi connectivity index (χ1n) is 5.64. The first kappa shape index (κ1) is 10.4. The van der Waals surface area contributed by atoms with Gasteiger partial charge in [-0.05, 0) is 38.8 Å². The molecule has 0 aromatic heterocycles. The maximum absolute atomic E-state index is 12.2. The van der Waals surface area contributed by atoms with Crippen molar-refractivity contribution in [2.24, 2.45) is 0 Å². The highest BCUT2D eigenvalue weighted by Gasteiger charge is 2.35. The largest absolute Gasteiger partial charge is 0.317 e. The molecule has 0 aromatic rings. The summed E-state index contributed by atoms with van der Waals surface area (Å²) in [6.45, 7) is 1.74. The lowest BCUT2D eigenvalue weighted by Gasteiger charge is -2.25. The van der Waals surface area contributed by atoms with Gasteiger partial charge in [-0.2, -0.15) is 0 Å². The molecule has 2 rings (SSSR count). The molecule has 1 saturated heterocycles. The summed E-state index contributed by atoms with van der Waals surface area (Å²) in [5.41, 5.74) is 0. The van der Waals surface area contributed by atoms with Gasteiger partial charge >= 0.3 is 0 Å². The molecule has 2 fully saturated rings. The van der Waals surface area contributed by atoms with Crippen LogP contribution in [-0.4, -0.2) is 32.0 Å². The maximum atomic E-state index is 12.2. The summed E-state index contributed by atoms with van der Waals surface area (Å²) in [6, 6.07) is 0. The zero-order chi connectivity index (χ0) is 10.0. The van der Waals surface area contributed by atoms with Crippen LogP contribution in [0.5, 0.6) is 0 Å². The molecule has 1 heterocycles. The number of sulfone groups is 1. The molecule has 82 valence electrons. The number of hydrogen-bond acceptors (Lipinski definition) is 3. The van der Waals surface area contributed by atoms with Crippen LogP contribution in [0, 0.1) is 0 Å². The molecule has 2 aliphatic rings. The van der Waals surface area contributed by atoms with Crippen LogP contribution in [-0.2, 0) is 9.84 Å². The second-order valence-electron chi connectivity index (χ2n) is 4.44. The van der Waals surface area contributed by atoms with Gasteiger partial charge < -0.3 is 5.32 Å². The van der Waals surface area contributed by atoms with Gasteiger partial charge in [0.2, 0.25) is 0 Å². The van der Waals surface area contributed by atoms with Crippen LogP contribution >= 0.6 is 0 Å². The number of nitrogens with one attached hydrogen (secondary N) is 1. The highest BCUT2D eigenvalue weighted by atomic mass is 32.2. The molecule has 0 atom stereocenters. The Morgan fingerprint density at radius 3 is 1.93 bits per heavy atom. The minimum Gasteiger partial charge on any atom is -0.317 e. The fourth-order valence-electron chi connectivity index (χ4n) is 2.61. The normalized spacial score (nSPS) is 26.9. The number of hydrogen-bond donors (Lipinski definition) is 1. The van der Waals surface area contributed by atoms with Crippen molar-refractivity contribution in [1.82, 2.24) is 5.32 Å². The minimum atomic E-state index is -2.80. The van der Waals surface area contributed by atoms with Crippen molar-refractivity contribution in [3.05, 3.63) is 0 Å². The molecule has 0 aromatic carbocycles. The molecule has 1 N–H and O–H groups in total. The van der Waals surface area contributed by atoms with E-state index in [0.717, 1.165) is 51.6 Å². The highest BCUT2D eigenvalue weighted by Crippen LogP contribution is 2.29. The van der Waals surface area contributed by atoms with E-state index >= 15 is 0 Å². The fourth-order valence-corrected chi connectivity index (χ4v) is 5.04. The molecule has 1 aliphatic heterocycles. The average Bonchev–Trinajstić information content (AvgIpc) is 2.72.